The van der Waals surface area contributed by atoms with Gasteiger partial charge in [0.2, 0.25) is 0 Å². The first-order chi connectivity index (χ1) is 4.63. The van der Waals surface area contributed by atoms with Gasteiger partial charge in [0, 0.05) is 6.42 Å². The molecule has 1 rings (SSSR count). The molecule has 0 saturated carbocycles. The third kappa shape index (κ3) is 1.14. The summed E-state index contributed by atoms with van der Waals surface area (Å²) < 4.78 is 0. The first kappa shape index (κ1) is 7.55. The molecule has 54 valence electrons. The van der Waals surface area contributed by atoms with Gasteiger partial charge >= 0.3 is 0 Å². The second kappa shape index (κ2) is 2.59. The maximum Gasteiger partial charge on any atom is 0.178 e. The molecule has 0 amide bonds. The molecule has 0 bridgehead atoms. The Kier molecular flexibility index (Phi) is 1.95. The zero-order valence-electron chi connectivity index (χ0n) is 6.07. The molecule has 0 spiro atoms. The van der Waals surface area contributed by atoms with Gasteiger partial charge in [-0.25, -0.2) is 0 Å². The summed E-state index contributed by atoms with van der Waals surface area (Å²) in [4.78, 5) is 10.9. The van der Waals surface area contributed by atoms with E-state index in [1.54, 1.807) is 0 Å². The summed E-state index contributed by atoms with van der Waals surface area (Å²) in [5, 5.41) is 0.403. The van der Waals surface area contributed by atoms with Crippen LogP contribution in [0.4, 0.5) is 0 Å². The van der Waals surface area contributed by atoms with Crippen molar-refractivity contribution in [1.29, 1.82) is 0 Å². The molecular formula is C8H9ClO. The molecule has 2 heteroatoms. The summed E-state index contributed by atoms with van der Waals surface area (Å²) in [7, 11) is 0. The van der Waals surface area contributed by atoms with E-state index in [0.29, 0.717) is 11.5 Å². The van der Waals surface area contributed by atoms with E-state index in [-0.39, 0.29) is 5.78 Å². The lowest BCUT2D eigenvalue weighted by Gasteiger charge is -2.09. The van der Waals surface area contributed by atoms with Crippen molar-refractivity contribution in [2.24, 2.45) is 0 Å². The monoisotopic (exact) mass is 156 g/mol. The van der Waals surface area contributed by atoms with Crippen LogP contribution in [0.2, 0.25) is 0 Å². The summed E-state index contributed by atoms with van der Waals surface area (Å²) in [5.74, 6) is 0.0322. The molecule has 0 unspecified atom stereocenters. The topological polar surface area (TPSA) is 17.1 Å². The molecule has 0 aromatic rings. The Bertz CT molecular complexity index is 232. The summed E-state index contributed by atoms with van der Waals surface area (Å²) in [5.41, 5.74) is 2.03. The van der Waals surface area contributed by atoms with Crippen molar-refractivity contribution in [2.45, 2.75) is 20.3 Å². The van der Waals surface area contributed by atoms with Crippen molar-refractivity contribution >= 4 is 17.4 Å². The highest BCUT2D eigenvalue weighted by atomic mass is 35.5. The fraction of sp³-hybridized carbons (Fsp3) is 0.375. The van der Waals surface area contributed by atoms with E-state index in [9.17, 15) is 4.79 Å². The zero-order chi connectivity index (χ0) is 7.72. The van der Waals surface area contributed by atoms with Crippen LogP contribution in [0, 0.1) is 0 Å². The minimum Gasteiger partial charge on any atom is -0.293 e. The summed E-state index contributed by atoms with van der Waals surface area (Å²) in [6.07, 6.45) is 2.37. The lowest BCUT2D eigenvalue weighted by Crippen LogP contribution is -2.04. The minimum absolute atomic E-state index is 0.0322. The molecular weight excluding hydrogens is 148 g/mol. The van der Waals surface area contributed by atoms with Gasteiger partial charge in [-0.2, -0.15) is 0 Å². The molecule has 0 fully saturated rings. The van der Waals surface area contributed by atoms with Crippen molar-refractivity contribution in [1.82, 2.24) is 0 Å². The highest BCUT2D eigenvalue weighted by molar-refractivity contribution is 6.43. The molecule has 0 N–H and O–H groups in total. The number of ketones is 1. The lowest BCUT2D eigenvalue weighted by atomic mass is 10.00. The number of Topliss-reactive ketones (excluding diaryl/α,β-unsaturated/α-hetero) is 1. The van der Waals surface area contributed by atoms with E-state index in [2.05, 4.69) is 0 Å². The second-order valence-corrected chi connectivity index (χ2v) is 2.83. The van der Waals surface area contributed by atoms with Crippen molar-refractivity contribution < 1.29 is 4.79 Å². The van der Waals surface area contributed by atoms with Gasteiger partial charge in [0.25, 0.3) is 0 Å². The fourth-order valence-corrected chi connectivity index (χ4v) is 1.10. The van der Waals surface area contributed by atoms with E-state index in [0.717, 1.165) is 11.1 Å². The average Bonchev–Trinajstić information content (AvgIpc) is 1.93. The number of hydrogen-bond acceptors (Lipinski definition) is 1. The largest absolute Gasteiger partial charge is 0.293 e. The number of allylic oxidation sites excluding steroid dienone is 4. The normalized spacial score (nSPS) is 19.5. The maximum atomic E-state index is 10.9. The van der Waals surface area contributed by atoms with Crippen molar-refractivity contribution in [3.63, 3.8) is 0 Å². The molecule has 0 atom stereocenters. The van der Waals surface area contributed by atoms with Gasteiger partial charge in [-0.3, -0.25) is 4.79 Å². The van der Waals surface area contributed by atoms with Crippen LogP contribution in [0.5, 0.6) is 0 Å². The van der Waals surface area contributed by atoms with Gasteiger partial charge in [-0.1, -0.05) is 23.3 Å². The van der Waals surface area contributed by atoms with Crippen LogP contribution in [0.3, 0.4) is 0 Å². The lowest BCUT2D eigenvalue weighted by molar-refractivity contribution is -0.114. The van der Waals surface area contributed by atoms with E-state index in [1.165, 1.54) is 0 Å². The second-order valence-electron chi connectivity index (χ2n) is 2.45. The molecule has 0 radical (unpaired) electrons. The standard InChI is InChI=1S/C8H9ClO/c1-5-3-4-7(10)8(9)6(5)2/h3H,4H2,1-2H3. The molecule has 0 aromatic heterocycles. The van der Waals surface area contributed by atoms with Gasteiger partial charge in [0.1, 0.15) is 0 Å². The summed E-state index contributed by atoms with van der Waals surface area (Å²) in [6.45, 7) is 3.83. The van der Waals surface area contributed by atoms with Crippen LogP contribution in [0.25, 0.3) is 0 Å². The molecule has 0 saturated heterocycles. The minimum atomic E-state index is 0.0322. The van der Waals surface area contributed by atoms with Crippen molar-refractivity contribution in [3.05, 3.63) is 22.3 Å². The van der Waals surface area contributed by atoms with E-state index >= 15 is 0 Å². The fourth-order valence-electron chi connectivity index (χ4n) is 0.871. The van der Waals surface area contributed by atoms with Crippen molar-refractivity contribution in [3.8, 4) is 0 Å². The molecule has 1 nitrogen and oxygen atoms in total. The van der Waals surface area contributed by atoms with E-state index < -0.39 is 0 Å². The first-order valence-corrected chi connectivity index (χ1v) is 3.57. The summed E-state index contributed by atoms with van der Waals surface area (Å²) in [6, 6.07) is 0. The third-order valence-corrected chi connectivity index (χ3v) is 2.25. The number of hydrogen-bond donors (Lipinski definition) is 0. The number of halogens is 1. The van der Waals surface area contributed by atoms with Crippen LogP contribution in [0.1, 0.15) is 20.3 Å². The number of carbonyl (C=O) groups is 1. The average molecular weight is 157 g/mol. The van der Waals surface area contributed by atoms with Crippen LogP contribution >= 0.6 is 11.6 Å². The Balaban J connectivity index is 3.06. The Hall–Kier alpha value is -0.560. The Morgan fingerprint density at radius 1 is 1.50 bits per heavy atom. The smallest absolute Gasteiger partial charge is 0.178 e. The maximum absolute atomic E-state index is 10.9. The molecule has 0 aromatic carbocycles. The molecule has 1 aliphatic rings. The van der Waals surface area contributed by atoms with E-state index in [4.69, 9.17) is 11.6 Å². The zero-order valence-corrected chi connectivity index (χ0v) is 6.83. The van der Waals surface area contributed by atoms with Crippen LogP contribution in [0.15, 0.2) is 22.3 Å². The number of rotatable bonds is 0. The van der Waals surface area contributed by atoms with Crippen LogP contribution in [-0.4, -0.2) is 5.78 Å². The van der Waals surface area contributed by atoms with E-state index in [1.807, 2.05) is 19.9 Å². The molecule has 10 heavy (non-hydrogen) atoms. The molecule has 0 heterocycles. The van der Waals surface area contributed by atoms with Crippen LogP contribution in [-0.2, 0) is 4.79 Å². The third-order valence-electron chi connectivity index (χ3n) is 1.76. The predicted octanol–water partition coefficient (Wildman–Crippen LogP) is 2.42. The quantitative estimate of drug-likeness (QED) is 0.527. The van der Waals surface area contributed by atoms with Gasteiger partial charge in [-0.15, -0.1) is 0 Å². The Morgan fingerprint density at radius 2 is 2.10 bits per heavy atom. The van der Waals surface area contributed by atoms with Crippen molar-refractivity contribution in [2.75, 3.05) is 0 Å². The van der Waals surface area contributed by atoms with Crippen LogP contribution < -0.4 is 0 Å². The predicted molar refractivity (Wildman–Crippen MR) is 41.9 cm³/mol. The SMILES string of the molecule is CC1=CCC(=O)C(Cl)=C1C. The first-order valence-electron chi connectivity index (χ1n) is 3.19. The molecule has 1 aliphatic carbocycles. The summed E-state index contributed by atoms with van der Waals surface area (Å²) >= 11 is 5.70. The number of carbonyl (C=O) groups excluding carboxylic acids is 1. The van der Waals surface area contributed by atoms with Gasteiger partial charge < -0.3 is 0 Å². The Morgan fingerprint density at radius 3 is 2.60 bits per heavy atom. The van der Waals surface area contributed by atoms with Gasteiger partial charge in [-0.05, 0) is 19.4 Å². The van der Waals surface area contributed by atoms with Gasteiger partial charge in [0.05, 0.1) is 5.03 Å². The highest BCUT2D eigenvalue weighted by Gasteiger charge is 2.14. The molecule has 0 aliphatic heterocycles. The van der Waals surface area contributed by atoms with Gasteiger partial charge in [0.15, 0.2) is 5.78 Å². The Labute approximate surface area is 65.4 Å². The highest BCUT2D eigenvalue weighted by Crippen LogP contribution is 2.24.